The summed E-state index contributed by atoms with van der Waals surface area (Å²) < 4.78 is 0. The maximum absolute atomic E-state index is 3.74. The largest absolute Gasteiger partial charge is 0.0985 e. The van der Waals surface area contributed by atoms with Crippen LogP contribution in [0.25, 0.3) is 275 Å². The third-order valence-corrected chi connectivity index (χ3v) is 22.3. The van der Waals surface area contributed by atoms with E-state index >= 15 is 0 Å². The van der Waals surface area contributed by atoms with E-state index in [1.54, 1.807) is 0 Å². The highest BCUT2D eigenvalue weighted by atomic mass is 14.4. The fourth-order valence-corrected chi connectivity index (χ4v) is 20.0. The van der Waals surface area contributed by atoms with E-state index in [2.05, 4.69) is 183 Å². The lowest BCUT2D eigenvalue weighted by Gasteiger charge is -2.34. The first-order valence-electron chi connectivity index (χ1n) is 29.2. The zero-order chi connectivity index (χ0) is 51.7. The minimum atomic E-state index is 1.17. The molecular weight excluding hydrogens is 985 g/mol. The summed E-state index contributed by atoms with van der Waals surface area (Å²) >= 11 is 0. The predicted octanol–water partition coefficient (Wildman–Crippen LogP) is 23.9. The van der Waals surface area contributed by atoms with Crippen LogP contribution in [-0.4, -0.2) is 0 Å². The van der Waals surface area contributed by atoms with Crippen LogP contribution in [0, 0.1) is 0 Å². The molecule has 0 heterocycles. The van der Waals surface area contributed by atoms with E-state index < -0.39 is 0 Å². The van der Waals surface area contributed by atoms with Gasteiger partial charge in [0, 0.05) is 0 Å². The lowest BCUT2D eigenvalue weighted by molar-refractivity contribution is 1.71. The van der Waals surface area contributed by atoms with Gasteiger partial charge in [-0.2, -0.15) is 0 Å². The first-order valence-corrected chi connectivity index (χ1v) is 29.2. The standard InChI is InChI=1S/C70H22.C12H10/c1-3-23-11-31-19-35-15-27-7-9-29-17-37-21-33-13-25-5-2-6-26-14-34-22-38-18-30-10-8-28-16-36-20-32-12-24(4-1)39(23)53-45(31)59-49(35)55-41(27)43(29)57-51(37)61-47(33)54(40(25)26)48(34)62-52(38)58-44(30)42(28)56-50(36)60(46(32)53)63(59)69-65(55)67(57)70(64(61)62)68(58)66(56)69;1-2-10-7-8-11-5-3-4-6-12(11)9-10/h1-22H;2-9H,1H2. The van der Waals surface area contributed by atoms with Crippen LogP contribution >= 0.6 is 0 Å². The van der Waals surface area contributed by atoms with Gasteiger partial charge in [0.25, 0.3) is 0 Å². The second kappa shape index (κ2) is 11.4. The van der Waals surface area contributed by atoms with E-state index in [9.17, 15) is 0 Å². The molecule has 0 nitrogen and oxygen atoms in total. The van der Waals surface area contributed by atoms with E-state index in [1.165, 1.54) is 275 Å². The highest BCUT2D eigenvalue weighted by molar-refractivity contribution is 6.70. The molecule has 0 N–H and O–H groups in total. The van der Waals surface area contributed by atoms with Gasteiger partial charge in [0.1, 0.15) is 0 Å². The molecule has 360 valence electrons. The van der Waals surface area contributed by atoms with E-state index in [0.717, 1.165) is 0 Å². The zero-order valence-electron chi connectivity index (χ0n) is 43.5. The van der Waals surface area contributed by atoms with Crippen LogP contribution in [0.5, 0.6) is 0 Å². The Labute approximate surface area is 460 Å². The Bertz CT molecular complexity index is 6730. The molecule has 27 aromatic rings. The van der Waals surface area contributed by atoms with E-state index in [1.807, 2.05) is 6.08 Å². The van der Waals surface area contributed by atoms with E-state index in [0.29, 0.717) is 0 Å². The van der Waals surface area contributed by atoms with Crippen molar-refractivity contribution in [3.05, 3.63) is 188 Å². The number of rotatable bonds is 1. The highest BCUT2D eigenvalue weighted by Crippen LogP contribution is 2.68. The van der Waals surface area contributed by atoms with Gasteiger partial charge in [0.2, 0.25) is 0 Å². The zero-order valence-corrected chi connectivity index (χ0v) is 43.5. The molecule has 0 aromatic heterocycles. The number of hydrogen-bond acceptors (Lipinski definition) is 0. The minimum absolute atomic E-state index is 1.17. The summed E-state index contributed by atoms with van der Waals surface area (Å²) in [5.41, 5.74) is 1.17. The molecule has 27 rings (SSSR count). The van der Waals surface area contributed by atoms with Gasteiger partial charge in [-0.15, -0.1) is 0 Å². The minimum Gasteiger partial charge on any atom is -0.0985 e. The molecule has 0 radical (unpaired) electrons. The number of benzene rings is 27. The van der Waals surface area contributed by atoms with Crippen LogP contribution in [0.1, 0.15) is 5.56 Å². The molecule has 0 fully saturated rings. The first kappa shape index (κ1) is 38.0. The second-order valence-electron chi connectivity index (χ2n) is 25.5. The van der Waals surface area contributed by atoms with Gasteiger partial charge in [-0.3, -0.25) is 0 Å². The van der Waals surface area contributed by atoms with Crippen molar-refractivity contribution >= 4 is 275 Å². The van der Waals surface area contributed by atoms with Crippen molar-refractivity contribution in [2.75, 3.05) is 0 Å². The lowest BCUT2D eigenvalue weighted by atomic mass is 9.68. The molecule has 0 aliphatic heterocycles. The van der Waals surface area contributed by atoms with Gasteiger partial charge in [-0.25, -0.2) is 0 Å². The van der Waals surface area contributed by atoms with Crippen molar-refractivity contribution in [3.63, 3.8) is 0 Å². The smallest absolute Gasteiger partial charge is 0.0000000465 e. The Morgan fingerprint density at radius 2 is 0.341 bits per heavy atom. The molecule has 0 unspecified atom stereocenters. The van der Waals surface area contributed by atoms with Crippen LogP contribution in [0.3, 0.4) is 0 Å². The van der Waals surface area contributed by atoms with E-state index in [-0.39, 0.29) is 0 Å². The Balaban J connectivity index is 0.000000318. The summed E-state index contributed by atoms with van der Waals surface area (Å²) in [5, 5.41) is 71.9. The summed E-state index contributed by atoms with van der Waals surface area (Å²) in [6.45, 7) is 3.74. The van der Waals surface area contributed by atoms with Gasteiger partial charge < -0.3 is 0 Å². The number of fused-ring (bicyclic) bond motifs is 1. The van der Waals surface area contributed by atoms with Crippen molar-refractivity contribution in [2.45, 2.75) is 0 Å². The quantitative estimate of drug-likeness (QED) is 0.114. The fourth-order valence-electron chi connectivity index (χ4n) is 20.0. The molecule has 0 aliphatic rings. The third kappa shape index (κ3) is 3.47. The summed E-state index contributed by atoms with van der Waals surface area (Å²) in [7, 11) is 0. The molecule has 0 spiro atoms. The van der Waals surface area contributed by atoms with Crippen molar-refractivity contribution < 1.29 is 0 Å². The lowest BCUT2D eigenvalue weighted by Crippen LogP contribution is -2.05. The highest BCUT2D eigenvalue weighted by Gasteiger charge is 2.38. The fraction of sp³-hybridized carbons (Fsp3) is 0. The van der Waals surface area contributed by atoms with Gasteiger partial charge in [-0.05, 0) is 354 Å². The topological polar surface area (TPSA) is 0 Å². The molecule has 82 heavy (non-hydrogen) atoms. The molecule has 27 aromatic carbocycles. The Morgan fingerprint density at radius 3 is 0.622 bits per heavy atom. The van der Waals surface area contributed by atoms with Gasteiger partial charge in [0.15, 0.2) is 0 Å². The maximum atomic E-state index is 3.74. The van der Waals surface area contributed by atoms with Crippen LogP contribution in [0.2, 0.25) is 0 Å². The van der Waals surface area contributed by atoms with Crippen molar-refractivity contribution in [2.24, 2.45) is 0 Å². The van der Waals surface area contributed by atoms with Gasteiger partial charge in [-0.1, -0.05) is 110 Å². The molecule has 0 saturated carbocycles. The van der Waals surface area contributed by atoms with Gasteiger partial charge >= 0.3 is 0 Å². The van der Waals surface area contributed by atoms with Crippen molar-refractivity contribution in [1.29, 1.82) is 0 Å². The first-order chi connectivity index (χ1) is 40.6. The monoisotopic (exact) mass is 1020 g/mol. The Hall–Kier alpha value is -10.7. The summed E-state index contributed by atoms with van der Waals surface area (Å²) in [6, 6.07) is 69.3. The second-order valence-corrected chi connectivity index (χ2v) is 25.5. The van der Waals surface area contributed by atoms with Gasteiger partial charge in [0.05, 0.1) is 0 Å². The number of hydrogen-bond donors (Lipinski definition) is 0. The SMILES string of the molecule is C=Cc1ccc2ccccc2c1.c1cc2cc3cc4cc5ccc6cc7cc8cc9cccc%10cc%11cc%12cc%13ccc%14cc%15cc%16cc(c1)c2c1c3c2c4c3c5c6c4c7c5c8c(c9%10)c%11c6c%12c7c%13c%14c8c%15c(c%161)c2c1c3c4c(c56)c7c81. The summed E-state index contributed by atoms with van der Waals surface area (Å²) in [5.74, 6) is 0. The molecule has 0 bridgehead atoms. The molecule has 0 aliphatic carbocycles. The molecule has 0 saturated heterocycles. The van der Waals surface area contributed by atoms with Crippen LogP contribution in [0.4, 0.5) is 0 Å². The van der Waals surface area contributed by atoms with E-state index in [4.69, 9.17) is 0 Å². The van der Waals surface area contributed by atoms with Crippen molar-refractivity contribution in [1.82, 2.24) is 0 Å². The summed E-state index contributed by atoms with van der Waals surface area (Å²) in [6.07, 6.45) is 1.87. The van der Waals surface area contributed by atoms with Crippen LogP contribution in [0.15, 0.2) is 183 Å². The average Bonchev–Trinajstić information content (AvgIpc) is 0.933. The molecule has 0 heteroatoms. The molecular formula is C82H32. The van der Waals surface area contributed by atoms with Crippen molar-refractivity contribution in [3.8, 4) is 0 Å². The third-order valence-electron chi connectivity index (χ3n) is 22.3. The van der Waals surface area contributed by atoms with Crippen LogP contribution in [-0.2, 0) is 0 Å². The Kier molecular flexibility index (Phi) is 5.28. The molecule has 0 amide bonds. The Morgan fingerprint density at radius 1 is 0.146 bits per heavy atom. The normalized spacial score (nSPS) is 14.1. The molecule has 0 atom stereocenters. The predicted molar refractivity (Wildman–Crippen MR) is 360 cm³/mol. The van der Waals surface area contributed by atoms with Crippen LogP contribution < -0.4 is 0 Å². The maximum Gasteiger partial charge on any atom is -0.0000000465 e. The summed E-state index contributed by atoms with van der Waals surface area (Å²) in [4.78, 5) is 0. The average molecular weight is 1020 g/mol.